The molecule has 104 valence electrons. The molecule has 20 heavy (non-hydrogen) atoms. The van der Waals surface area contributed by atoms with Crippen LogP contribution in [0.2, 0.25) is 0 Å². The van der Waals surface area contributed by atoms with Crippen molar-refractivity contribution in [3.05, 3.63) is 64.0 Å². The molecule has 1 aromatic carbocycles. The molecular formula is C17H19NO2. The van der Waals surface area contributed by atoms with Crippen LogP contribution < -0.4 is 0 Å². The third kappa shape index (κ3) is 2.44. The second-order valence-electron chi connectivity index (χ2n) is 5.20. The molecule has 0 spiro atoms. The van der Waals surface area contributed by atoms with Crippen molar-refractivity contribution in [1.82, 2.24) is 4.98 Å². The normalized spacial score (nSPS) is 12.2. The van der Waals surface area contributed by atoms with Crippen molar-refractivity contribution in [2.45, 2.75) is 33.6 Å². The van der Waals surface area contributed by atoms with Crippen LogP contribution in [0.1, 0.15) is 39.4 Å². The van der Waals surface area contributed by atoms with Crippen LogP contribution in [0.5, 0.6) is 0 Å². The Kier molecular flexibility index (Phi) is 3.89. The maximum Gasteiger partial charge on any atom is 0.317 e. The summed E-state index contributed by atoms with van der Waals surface area (Å²) >= 11 is 0. The van der Waals surface area contributed by atoms with E-state index in [-0.39, 0.29) is 0 Å². The van der Waals surface area contributed by atoms with Crippen molar-refractivity contribution in [3.63, 3.8) is 0 Å². The Labute approximate surface area is 119 Å². The van der Waals surface area contributed by atoms with Gasteiger partial charge in [0.25, 0.3) is 0 Å². The van der Waals surface area contributed by atoms with Gasteiger partial charge in [-0.25, -0.2) is 0 Å². The molecule has 0 bridgehead atoms. The number of pyridine rings is 1. The Morgan fingerprint density at radius 3 is 2.15 bits per heavy atom. The summed E-state index contributed by atoms with van der Waals surface area (Å²) in [7, 11) is 0. The van der Waals surface area contributed by atoms with E-state index in [1.165, 1.54) is 0 Å². The van der Waals surface area contributed by atoms with E-state index in [0.717, 1.165) is 27.8 Å². The number of benzene rings is 1. The first kappa shape index (κ1) is 14.3. The molecule has 0 aliphatic rings. The minimum atomic E-state index is -0.861. The third-order valence-electron chi connectivity index (χ3n) is 3.94. The Hall–Kier alpha value is -2.16. The molecule has 3 heteroatoms. The van der Waals surface area contributed by atoms with Crippen LogP contribution in [0.15, 0.2) is 30.5 Å². The Bertz CT molecular complexity index is 622. The fraction of sp³-hybridized carbons (Fsp3) is 0.294. The number of carboxylic acid groups (broad SMARTS) is 1. The van der Waals surface area contributed by atoms with E-state index in [2.05, 4.69) is 11.1 Å². The van der Waals surface area contributed by atoms with Crippen molar-refractivity contribution >= 4 is 5.97 Å². The van der Waals surface area contributed by atoms with Crippen LogP contribution in [0.3, 0.4) is 0 Å². The van der Waals surface area contributed by atoms with E-state index in [4.69, 9.17) is 0 Å². The van der Waals surface area contributed by atoms with Crippen LogP contribution in [0.4, 0.5) is 0 Å². The van der Waals surface area contributed by atoms with Gasteiger partial charge in [0.1, 0.15) is 5.92 Å². The first-order valence-electron chi connectivity index (χ1n) is 6.64. The molecule has 1 atom stereocenters. The molecule has 1 unspecified atom stereocenters. The smallest absolute Gasteiger partial charge is 0.317 e. The van der Waals surface area contributed by atoms with Crippen molar-refractivity contribution in [2.75, 3.05) is 0 Å². The van der Waals surface area contributed by atoms with E-state index < -0.39 is 11.9 Å². The molecule has 0 fully saturated rings. The van der Waals surface area contributed by atoms with E-state index in [9.17, 15) is 9.90 Å². The van der Waals surface area contributed by atoms with Gasteiger partial charge in [-0.05, 0) is 67.6 Å². The fourth-order valence-corrected chi connectivity index (χ4v) is 2.62. The van der Waals surface area contributed by atoms with E-state index in [1.807, 2.05) is 33.8 Å². The predicted octanol–water partition coefficient (Wildman–Crippen LogP) is 3.53. The number of rotatable bonds is 3. The van der Waals surface area contributed by atoms with E-state index in [1.54, 1.807) is 18.3 Å². The Morgan fingerprint density at radius 2 is 1.70 bits per heavy atom. The SMILES string of the molecule is Cc1cc(C)c(C)c(C(C(=O)O)c2ccccn2)c1C. The number of hydrogen-bond acceptors (Lipinski definition) is 2. The number of hydrogen-bond donors (Lipinski definition) is 1. The van der Waals surface area contributed by atoms with Crippen molar-refractivity contribution < 1.29 is 9.90 Å². The van der Waals surface area contributed by atoms with Gasteiger partial charge in [0.2, 0.25) is 0 Å². The molecular weight excluding hydrogens is 250 g/mol. The first-order chi connectivity index (χ1) is 9.43. The molecule has 1 heterocycles. The zero-order valence-electron chi connectivity index (χ0n) is 12.3. The second kappa shape index (κ2) is 5.45. The van der Waals surface area contributed by atoms with Gasteiger partial charge in [-0.15, -0.1) is 0 Å². The number of nitrogens with zero attached hydrogens (tertiary/aromatic N) is 1. The lowest BCUT2D eigenvalue weighted by Crippen LogP contribution is -2.18. The molecule has 0 amide bonds. The highest BCUT2D eigenvalue weighted by Gasteiger charge is 2.27. The highest BCUT2D eigenvalue weighted by atomic mass is 16.4. The summed E-state index contributed by atoms with van der Waals surface area (Å²) in [6, 6.07) is 7.50. The number of aryl methyl sites for hydroxylation is 2. The number of carbonyl (C=O) groups is 1. The molecule has 0 aliphatic carbocycles. The van der Waals surface area contributed by atoms with Gasteiger partial charge in [-0.1, -0.05) is 12.1 Å². The van der Waals surface area contributed by atoms with E-state index in [0.29, 0.717) is 5.69 Å². The largest absolute Gasteiger partial charge is 0.480 e. The van der Waals surface area contributed by atoms with Crippen LogP contribution in [0.25, 0.3) is 0 Å². The van der Waals surface area contributed by atoms with Crippen LogP contribution in [0, 0.1) is 27.7 Å². The van der Waals surface area contributed by atoms with Crippen LogP contribution >= 0.6 is 0 Å². The van der Waals surface area contributed by atoms with Gasteiger partial charge in [-0.3, -0.25) is 9.78 Å². The number of carboxylic acids is 1. The average molecular weight is 269 g/mol. The summed E-state index contributed by atoms with van der Waals surface area (Å²) in [6.07, 6.45) is 1.64. The van der Waals surface area contributed by atoms with E-state index >= 15 is 0 Å². The molecule has 0 saturated carbocycles. The second-order valence-corrected chi connectivity index (χ2v) is 5.20. The standard InChI is InChI=1S/C17H19NO2/c1-10-9-11(2)13(4)15(12(10)3)16(17(19)20)14-7-5-6-8-18-14/h5-9,16H,1-4H3,(H,19,20). The topological polar surface area (TPSA) is 50.2 Å². The summed E-state index contributed by atoms with van der Waals surface area (Å²) in [5.41, 5.74) is 5.75. The maximum atomic E-state index is 11.8. The monoisotopic (exact) mass is 269 g/mol. The summed E-state index contributed by atoms with van der Waals surface area (Å²) in [5.74, 6) is -1.57. The summed E-state index contributed by atoms with van der Waals surface area (Å²) in [5, 5.41) is 9.67. The third-order valence-corrected chi connectivity index (χ3v) is 3.94. The molecule has 0 radical (unpaired) electrons. The first-order valence-corrected chi connectivity index (χ1v) is 6.64. The van der Waals surface area contributed by atoms with Crippen molar-refractivity contribution in [3.8, 4) is 0 Å². The quantitative estimate of drug-likeness (QED) is 0.927. The van der Waals surface area contributed by atoms with Gasteiger partial charge >= 0.3 is 5.97 Å². The highest BCUT2D eigenvalue weighted by Crippen LogP contribution is 2.32. The lowest BCUT2D eigenvalue weighted by molar-refractivity contribution is -0.137. The van der Waals surface area contributed by atoms with Gasteiger partial charge in [0.15, 0.2) is 0 Å². The number of aliphatic carboxylic acids is 1. The van der Waals surface area contributed by atoms with Crippen molar-refractivity contribution in [2.24, 2.45) is 0 Å². The van der Waals surface area contributed by atoms with Crippen LogP contribution in [-0.2, 0) is 4.79 Å². The Balaban J connectivity index is 2.72. The number of aromatic nitrogens is 1. The molecule has 3 nitrogen and oxygen atoms in total. The fourth-order valence-electron chi connectivity index (χ4n) is 2.62. The minimum Gasteiger partial charge on any atom is -0.480 e. The molecule has 0 saturated heterocycles. The van der Waals surface area contributed by atoms with Crippen molar-refractivity contribution in [1.29, 1.82) is 0 Å². The van der Waals surface area contributed by atoms with Gasteiger partial charge < -0.3 is 5.11 Å². The molecule has 1 N–H and O–H groups in total. The van der Waals surface area contributed by atoms with Gasteiger partial charge in [0.05, 0.1) is 5.69 Å². The molecule has 2 rings (SSSR count). The Morgan fingerprint density at radius 1 is 1.10 bits per heavy atom. The lowest BCUT2D eigenvalue weighted by Gasteiger charge is -2.21. The predicted molar refractivity (Wildman–Crippen MR) is 79.1 cm³/mol. The maximum absolute atomic E-state index is 11.8. The zero-order chi connectivity index (χ0) is 14.9. The summed E-state index contributed by atoms with van der Waals surface area (Å²) in [6.45, 7) is 8.00. The molecule has 2 aromatic rings. The molecule has 1 aromatic heterocycles. The summed E-state index contributed by atoms with van der Waals surface area (Å²) in [4.78, 5) is 16.0. The molecule has 0 aliphatic heterocycles. The zero-order valence-corrected chi connectivity index (χ0v) is 12.3. The summed E-state index contributed by atoms with van der Waals surface area (Å²) < 4.78 is 0. The lowest BCUT2D eigenvalue weighted by atomic mass is 9.84. The highest BCUT2D eigenvalue weighted by molar-refractivity contribution is 5.81. The van der Waals surface area contributed by atoms with Gasteiger partial charge in [-0.2, -0.15) is 0 Å². The minimum absolute atomic E-state index is 0.580. The van der Waals surface area contributed by atoms with Crippen LogP contribution in [-0.4, -0.2) is 16.1 Å². The van der Waals surface area contributed by atoms with Gasteiger partial charge in [0, 0.05) is 6.20 Å². The average Bonchev–Trinajstić information content (AvgIpc) is 2.42.